The quantitative estimate of drug-likeness (QED) is 0.841. The van der Waals surface area contributed by atoms with Crippen LogP contribution < -0.4 is 5.32 Å². The molecule has 88 valence electrons. The first kappa shape index (κ1) is 11.2. The summed E-state index contributed by atoms with van der Waals surface area (Å²) in [5, 5.41) is 10.8. The molecule has 1 aliphatic rings. The van der Waals surface area contributed by atoms with Crippen molar-refractivity contribution < 1.29 is 0 Å². The van der Waals surface area contributed by atoms with Gasteiger partial charge in [0.1, 0.15) is 0 Å². The van der Waals surface area contributed by atoms with Crippen LogP contribution in [0.3, 0.4) is 0 Å². The Morgan fingerprint density at radius 2 is 2.18 bits per heavy atom. The Morgan fingerprint density at radius 3 is 2.94 bits per heavy atom. The lowest BCUT2D eigenvalue weighted by molar-refractivity contribution is 0.689. The summed E-state index contributed by atoms with van der Waals surface area (Å²) < 4.78 is 1.25. The van der Waals surface area contributed by atoms with Gasteiger partial charge in [0.15, 0.2) is 0 Å². The van der Waals surface area contributed by atoms with Crippen molar-refractivity contribution in [1.82, 2.24) is 15.5 Å². The van der Waals surface area contributed by atoms with E-state index in [9.17, 15) is 0 Å². The summed E-state index contributed by atoms with van der Waals surface area (Å²) in [6.45, 7) is 0.904. The van der Waals surface area contributed by atoms with Crippen molar-refractivity contribution in [2.45, 2.75) is 25.4 Å². The molecule has 0 radical (unpaired) electrons. The third kappa shape index (κ3) is 2.52. The molecule has 1 saturated carbocycles. The molecular formula is C13H14IN3. The molecule has 4 heteroatoms. The fraction of sp³-hybridized carbons (Fsp3) is 0.308. The Labute approximate surface area is 114 Å². The molecule has 2 N–H and O–H groups in total. The number of rotatable bonds is 4. The molecular weight excluding hydrogens is 325 g/mol. The zero-order valence-electron chi connectivity index (χ0n) is 9.41. The van der Waals surface area contributed by atoms with Crippen LogP contribution in [0, 0.1) is 3.57 Å². The monoisotopic (exact) mass is 339 g/mol. The van der Waals surface area contributed by atoms with Gasteiger partial charge in [-0.1, -0.05) is 18.2 Å². The van der Waals surface area contributed by atoms with E-state index in [0.717, 1.165) is 18.3 Å². The van der Waals surface area contributed by atoms with Gasteiger partial charge in [-0.3, -0.25) is 5.10 Å². The lowest BCUT2D eigenvalue weighted by atomic mass is 10.1. The number of nitrogens with one attached hydrogen (secondary N) is 2. The van der Waals surface area contributed by atoms with Gasteiger partial charge in [0.2, 0.25) is 0 Å². The second-order valence-electron chi connectivity index (χ2n) is 4.41. The SMILES string of the molecule is Ic1ccccc1-c1[nH]ncc1CNC1CC1. The predicted molar refractivity (Wildman–Crippen MR) is 76.6 cm³/mol. The average Bonchev–Trinajstić information content (AvgIpc) is 3.06. The molecule has 1 heterocycles. The Bertz CT molecular complexity index is 517. The summed E-state index contributed by atoms with van der Waals surface area (Å²) in [4.78, 5) is 0. The molecule has 1 aliphatic carbocycles. The number of H-pyrrole nitrogens is 1. The normalized spacial score (nSPS) is 15.1. The van der Waals surface area contributed by atoms with E-state index in [1.54, 1.807) is 0 Å². The fourth-order valence-corrected chi connectivity index (χ4v) is 2.54. The van der Waals surface area contributed by atoms with Crippen LogP contribution >= 0.6 is 22.6 Å². The number of halogens is 1. The smallest absolute Gasteiger partial charge is 0.0705 e. The van der Waals surface area contributed by atoms with Crippen molar-refractivity contribution in [3.05, 3.63) is 39.6 Å². The number of aromatic nitrogens is 2. The fourth-order valence-electron chi connectivity index (χ4n) is 1.88. The minimum atomic E-state index is 0.729. The van der Waals surface area contributed by atoms with Gasteiger partial charge < -0.3 is 5.32 Å². The summed E-state index contributed by atoms with van der Waals surface area (Å²) in [6, 6.07) is 9.11. The first-order valence-corrected chi connectivity index (χ1v) is 6.93. The van der Waals surface area contributed by atoms with Gasteiger partial charge in [-0.05, 0) is 41.5 Å². The topological polar surface area (TPSA) is 40.7 Å². The maximum absolute atomic E-state index is 4.17. The largest absolute Gasteiger partial charge is 0.310 e. The van der Waals surface area contributed by atoms with Crippen LogP contribution in [-0.2, 0) is 6.54 Å². The molecule has 17 heavy (non-hydrogen) atoms. The molecule has 0 aliphatic heterocycles. The maximum atomic E-state index is 4.17. The lowest BCUT2D eigenvalue weighted by Crippen LogP contribution is -2.15. The first-order valence-electron chi connectivity index (χ1n) is 5.85. The highest BCUT2D eigenvalue weighted by Gasteiger charge is 2.21. The highest BCUT2D eigenvalue weighted by atomic mass is 127. The molecule has 1 aromatic carbocycles. The Hall–Kier alpha value is -0.880. The lowest BCUT2D eigenvalue weighted by Gasteiger charge is -2.06. The van der Waals surface area contributed by atoms with E-state index in [-0.39, 0.29) is 0 Å². The van der Waals surface area contributed by atoms with Gasteiger partial charge in [0, 0.05) is 27.3 Å². The average molecular weight is 339 g/mol. The van der Waals surface area contributed by atoms with Gasteiger partial charge in [0.05, 0.1) is 11.9 Å². The molecule has 0 bridgehead atoms. The summed E-state index contributed by atoms with van der Waals surface area (Å²) in [7, 11) is 0. The molecule has 0 spiro atoms. The van der Waals surface area contributed by atoms with Crippen molar-refractivity contribution in [3.8, 4) is 11.3 Å². The summed E-state index contributed by atoms with van der Waals surface area (Å²) in [6.07, 6.45) is 4.56. The van der Waals surface area contributed by atoms with Gasteiger partial charge in [0.25, 0.3) is 0 Å². The Kier molecular flexibility index (Phi) is 3.15. The minimum Gasteiger partial charge on any atom is -0.310 e. The second-order valence-corrected chi connectivity index (χ2v) is 5.57. The van der Waals surface area contributed by atoms with E-state index in [4.69, 9.17) is 0 Å². The second kappa shape index (κ2) is 4.78. The van der Waals surface area contributed by atoms with Gasteiger partial charge in [-0.2, -0.15) is 5.10 Å². The molecule has 0 atom stereocenters. The highest BCUT2D eigenvalue weighted by molar-refractivity contribution is 14.1. The summed E-state index contributed by atoms with van der Waals surface area (Å²) >= 11 is 2.36. The van der Waals surface area contributed by atoms with E-state index in [1.165, 1.54) is 27.5 Å². The summed E-state index contributed by atoms with van der Waals surface area (Å²) in [5.74, 6) is 0. The van der Waals surface area contributed by atoms with Gasteiger partial charge in [-0.25, -0.2) is 0 Å². The van der Waals surface area contributed by atoms with Crippen LogP contribution in [0.5, 0.6) is 0 Å². The zero-order valence-corrected chi connectivity index (χ0v) is 11.6. The van der Waals surface area contributed by atoms with E-state index >= 15 is 0 Å². The van der Waals surface area contributed by atoms with Crippen LogP contribution in [0.4, 0.5) is 0 Å². The third-order valence-corrected chi connectivity index (χ3v) is 3.96. The van der Waals surface area contributed by atoms with Crippen LogP contribution in [0.1, 0.15) is 18.4 Å². The van der Waals surface area contributed by atoms with Crippen LogP contribution in [0.2, 0.25) is 0 Å². The molecule has 0 unspecified atom stereocenters. The summed E-state index contributed by atoms with van der Waals surface area (Å²) in [5.41, 5.74) is 3.63. The Morgan fingerprint density at radius 1 is 1.35 bits per heavy atom. The molecule has 1 fully saturated rings. The molecule has 0 saturated heterocycles. The molecule has 0 amide bonds. The standard InChI is InChI=1S/C13H14IN3/c14-12-4-2-1-3-11(12)13-9(8-16-17-13)7-15-10-5-6-10/h1-4,8,10,15H,5-7H2,(H,16,17). The first-order chi connectivity index (χ1) is 8.34. The molecule has 2 aromatic rings. The van der Waals surface area contributed by atoms with Crippen molar-refractivity contribution in [2.75, 3.05) is 0 Å². The highest BCUT2D eigenvalue weighted by Crippen LogP contribution is 2.27. The molecule has 3 rings (SSSR count). The number of hydrogen-bond acceptors (Lipinski definition) is 2. The Balaban J connectivity index is 1.86. The number of aromatic amines is 1. The molecule has 3 nitrogen and oxygen atoms in total. The van der Waals surface area contributed by atoms with Gasteiger partial charge in [-0.15, -0.1) is 0 Å². The van der Waals surface area contributed by atoms with Crippen LogP contribution in [0.15, 0.2) is 30.5 Å². The third-order valence-electron chi connectivity index (χ3n) is 3.02. The number of nitrogens with zero attached hydrogens (tertiary/aromatic N) is 1. The minimum absolute atomic E-state index is 0.729. The van der Waals surface area contributed by atoms with E-state index in [1.807, 2.05) is 6.20 Å². The predicted octanol–water partition coefficient (Wildman–Crippen LogP) is 2.93. The van der Waals surface area contributed by atoms with Crippen LogP contribution in [0.25, 0.3) is 11.3 Å². The van der Waals surface area contributed by atoms with Crippen molar-refractivity contribution in [3.63, 3.8) is 0 Å². The number of benzene rings is 1. The van der Waals surface area contributed by atoms with Crippen molar-refractivity contribution >= 4 is 22.6 Å². The van der Waals surface area contributed by atoms with Crippen LogP contribution in [-0.4, -0.2) is 16.2 Å². The van der Waals surface area contributed by atoms with E-state index in [2.05, 4.69) is 62.4 Å². The van der Waals surface area contributed by atoms with Crippen molar-refractivity contribution in [1.29, 1.82) is 0 Å². The van der Waals surface area contributed by atoms with E-state index in [0.29, 0.717) is 0 Å². The van der Waals surface area contributed by atoms with Gasteiger partial charge >= 0.3 is 0 Å². The zero-order chi connectivity index (χ0) is 11.7. The van der Waals surface area contributed by atoms with Crippen molar-refractivity contribution in [2.24, 2.45) is 0 Å². The maximum Gasteiger partial charge on any atom is 0.0705 e. The molecule has 1 aromatic heterocycles. The number of hydrogen-bond donors (Lipinski definition) is 2. The van der Waals surface area contributed by atoms with E-state index < -0.39 is 0 Å².